The third kappa shape index (κ3) is 3.12. The summed E-state index contributed by atoms with van der Waals surface area (Å²) in [5.74, 6) is 1.20. The fourth-order valence-corrected chi connectivity index (χ4v) is 4.99. The molecule has 1 amide bonds. The molecule has 2 unspecified atom stereocenters. The first kappa shape index (κ1) is 20.6. The van der Waals surface area contributed by atoms with E-state index in [1.807, 2.05) is 19.2 Å². The number of furan rings is 1. The molecule has 0 saturated carbocycles. The molecular formula is C25H22N2O7. The molecule has 0 spiro atoms. The van der Waals surface area contributed by atoms with Gasteiger partial charge in [0.2, 0.25) is 12.5 Å². The van der Waals surface area contributed by atoms with Crippen molar-refractivity contribution in [1.29, 1.82) is 0 Å². The molecule has 1 aromatic heterocycles. The lowest BCUT2D eigenvalue weighted by Gasteiger charge is -2.38. The Hall–Kier alpha value is -3.98. The molecule has 3 aliphatic rings. The van der Waals surface area contributed by atoms with E-state index in [4.69, 9.17) is 23.4 Å². The van der Waals surface area contributed by atoms with Crippen LogP contribution in [0.5, 0.6) is 17.2 Å². The monoisotopic (exact) mass is 462 g/mol. The fourth-order valence-electron chi connectivity index (χ4n) is 4.99. The van der Waals surface area contributed by atoms with Gasteiger partial charge < -0.3 is 28.7 Å². The first-order valence-corrected chi connectivity index (χ1v) is 10.9. The number of cyclic esters (lactones) is 1. The summed E-state index contributed by atoms with van der Waals surface area (Å²) in [6.45, 7) is 0.921. The van der Waals surface area contributed by atoms with Crippen LogP contribution in [0.1, 0.15) is 49.7 Å². The normalized spacial score (nSPS) is 20.5. The molecule has 0 bridgehead atoms. The van der Waals surface area contributed by atoms with Crippen molar-refractivity contribution in [2.75, 3.05) is 32.8 Å². The SMILES string of the molecule is COc1c2c(cc3c1C(C1OC(=O)c4cc(NC(=O)c5ccco5)ccc41)N(C)CC3)OCO2. The van der Waals surface area contributed by atoms with E-state index in [0.29, 0.717) is 28.5 Å². The highest BCUT2D eigenvalue weighted by atomic mass is 16.7. The maximum Gasteiger partial charge on any atom is 0.339 e. The number of hydrogen-bond acceptors (Lipinski definition) is 8. The van der Waals surface area contributed by atoms with E-state index < -0.39 is 18.0 Å². The first-order valence-electron chi connectivity index (χ1n) is 10.9. The summed E-state index contributed by atoms with van der Waals surface area (Å²) >= 11 is 0. The average molecular weight is 462 g/mol. The molecule has 3 aliphatic heterocycles. The van der Waals surface area contributed by atoms with E-state index in [1.54, 1.807) is 31.4 Å². The van der Waals surface area contributed by atoms with Gasteiger partial charge in [0.15, 0.2) is 17.3 Å². The number of anilines is 1. The minimum atomic E-state index is -0.546. The molecule has 3 aromatic rings. The Balaban J connectivity index is 1.38. The Bertz CT molecular complexity index is 1300. The van der Waals surface area contributed by atoms with Crippen molar-refractivity contribution in [3.8, 4) is 17.2 Å². The lowest BCUT2D eigenvalue weighted by molar-refractivity contribution is 0.00881. The topological polar surface area (TPSA) is 99.5 Å². The highest BCUT2D eigenvalue weighted by Gasteiger charge is 2.44. The minimum absolute atomic E-state index is 0.142. The van der Waals surface area contributed by atoms with Gasteiger partial charge in [0.25, 0.3) is 5.91 Å². The molecule has 2 atom stereocenters. The van der Waals surface area contributed by atoms with E-state index >= 15 is 0 Å². The van der Waals surface area contributed by atoms with Crippen molar-refractivity contribution in [2.45, 2.75) is 18.6 Å². The Kier molecular flexibility index (Phi) is 4.73. The Labute approximate surface area is 195 Å². The Morgan fingerprint density at radius 1 is 1.21 bits per heavy atom. The molecule has 34 heavy (non-hydrogen) atoms. The van der Waals surface area contributed by atoms with Crippen molar-refractivity contribution in [3.05, 3.63) is 70.7 Å². The molecule has 4 heterocycles. The summed E-state index contributed by atoms with van der Waals surface area (Å²) in [7, 11) is 3.60. The minimum Gasteiger partial charge on any atom is -0.492 e. The van der Waals surface area contributed by atoms with Crippen molar-refractivity contribution >= 4 is 17.6 Å². The average Bonchev–Trinajstić information content (AvgIpc) is 3.59. The van der Waals surface area contributed by atoms with Crippen LogP contribution in [0.2, 0.25) is 0 Å². The third-order valence-corrected chi connectivity index (χ3v) is 6.56. The second-order valence-corrected chi connectivity index (χ2v) is 8.45. The highest BCUT2D eigenvalue weighted by Crippen LogP contribution is 2.54. The number of benzene rings is 2. The van der Waals surface area contributed by atoms with E-state index in [2.05, 4.69) is 10.2 Å². The highest BCUT2D eigenvalue weighted by molar-refractivity contribution is 6.03. The molecule has 0 aliphatic carbocycles. The van der Waals surface area contributed by atoms with Gasteiger partial charge in [-0.3, -0.25) is 9.69 Å². The van der Waals surface area contributed by atoms with Gasteiger partial charge in [-0.15, -0.1) is 0 Å². The van der Waals surface area contributed by atoms with Gasteiger partial charge in [-0.2, -0.15) is 0 Å². The van der Waals surface area contributed by atoms with E-state index in [0.717, 1.165) is 29.7 Å². The number of carbonyl (C=O) groups is 2. The number of esters is 1. The maximum atomic E-state index is 12.9. The Morgan fingerprint density at radius 2 is 2.09 bits per heavy atom. The zero-order valence-corrected chi connectivity index (χ0v) is 18.6. The van der Waals surface area contributed by atoms with Crippen LogP contribution < -0.4 is 19.5 Å². The number of carbonyl (C=O) groups excluding carboxylic acids is 2. The number of nitrogens with zero attached hydrogens (tertiary/aromatic N) is 1. The number of methoxy groups -OCH3 is 1. The van der Waals surface area contributed by atoms with E-state index in [-0.39, 0.29) is 18.6 Å². The molecule has 9 nitrogen and oxygen atoms in total. The molecule has 0 fully saturated rings. The smallest absolute Gasteiger partial charge is 0.339 e. The van der Waals surface area contributed by atoms with Gasteiger partial charge in [-0.05, 0) is 49.4 Å². The number of likely N-dealkylation sites (N-methyl/N-ethyl adjacent to an activating group) is 1. The quantitative estimate of drug-likeness (QED) is 0.586. The van der Waals surface area contributed by atoms with Crippen LogP contribution in [0.15, 0.2) is 47.1 Å². The van der Waals surface area contributed by atoms with Gasteiger partial charge in [0, 0.05) is 23.4 Å². The van der Waals surface area contributed by atoms with Gasteiger partial charge in [-0.1, -0.05) is 6.07 Å². The second kappa shape index (κ2) is 7.81. The summed E-state index contributed by atoms with van der Waals surface area (Å²) in [5, 5.41) is 2.76. The fraction of sp³-hybridized carbons (Fsp3) is 0.280. The van der Waals surface area contributed by atoms with Crippen molar-refractivity contribution in [1.82, 2.24) is 4.90 Å². The lowest BCUT2D eigenvalue weighted by atomic mass is 9.85. The van der Waals surface area contributed by atoms with Crippen LogP contribution in [0.3, 0.4) is 0 Å². The zero-order valence-electron chi connectivity index (χ0n) is 18.6. The lowest BCUT2D eigenvalue weighted by Crippen LogP contribution is -2.36. The first-order chi connectivity index (χ1) is 16.5. The van der Waals surface area contributed by atoms with Crippen LogP contribution in [0, 0.1) is 0 Å². The molecule has 9 heteroatoms. The van der Waals surface area contributed by atoms with Crippen LogP contribution in [0.4, 0.5) is 5.69 Å². The molecule has 0 saturated heterocycles. The summed E-state index contributed by atoms with van der Waals surface area (Å²) in [6.07, 6.45) is 1.69. The van der Waals surface area contributed by atoms with Crippen LogP contribution in [-0.2, 0) is 11.2 Å². The van der Waals surface area contributed by atoms with E-state index in [9.17, 15) is 9.59 Å². The van der Waals surface area contributed by atoms with Crippen LogP contribution >= 0.6 is 0 Å². The number of hydrogen-bond donors (Lipinski definition) is 1. The van der Waals surface area contributed by atoms with Gasteiger partial charge >= 0.3 is 5.97 Å². The number of amides is 1. The molecular weight excluding hydrogens is 440 g/mol. The van der Waals surface area contributed by atoms with Crippen LogP contribution in [0.25, 0.3) is 0 Å². The molecule has 2 aromatic carbocycles. The van der Waals surface area contributed by atoms with Crippen molar-refractivity contribution in [2.24, 2.45) is 0 Å². The third-order valence-electron chi connectivity index (χ3n) is 6.56. The summed E-state index contributed by atoms with van der Waals surface area (Å²) in [6, 6.07) is 10.1. The van der Waals surface area contributed by atoms with E-state index in [1.165, 1.54) is 6.26 Å². The van der Waals surface area contributed by atoms with Gasteiger partial charge in [-0.25, -0.2) is 4.79 Å². The number of rotatable bonds is 4. The molecule has 1 N–H and O–H groups in total. The largest absolute Gasteiger partial charge is 0.492 e. The zero-order chi connectivity index (χ0) is 23.4. The van der Waals surface area contributed by atoms with Crippen molar-refractivity contribution < 1.29 is 33.0 Å². The number of nitrogens with one attached hydrogen (secondary N) is 1. The summed E-state index contributed by atoms with van der Waals surface area (Å²) in [4.78, 5) is 27.4. The predicted octanol–water partition coefficient (Wildman–Crippen LogP) is 3.71. The Morgan fingerprint density at radius 3 is 2.88 bits per heavy atom. The standard InChI is InChI=1S/C25H22N2O7/c1-27-8-7-13-10-18-22(33-12-32-18)23(30-2)19(13)20(27)21-15-6-5-14(11-16(15)25(29)34-21)26-24(28)17-4-3-9-31-17/h3-6,9-11,20-21H,7-8,12H2,1-2H3,(H,26,28). The maximum absolute atomic E-state index is 12.9. The second-order valence-electron chi connectivity index (χ2n) is 8.45. The van der Waals surface area contributed by atoms with Crippen LogP contribution in [-0.4, -0.2) is 44.3 Å². The molecule has 0 radical (unpaired) electrons. The number of fused-ring (bicyclic) bond motifs is 3. The van der Waals surface area contributed by atoms with Gasteiger partial charge in [0.1, 0.15) is 6.10 Å². The summed E-state index contributed by atoms with van der Waals surface area (Å²) in [5.41, 5.74) is 3.67. The predicted molar refractivity (Wildman–Crippen MR) is 119 cm³/mol. The molecule has 174 valence electrons. The van der Waals surface area contributed by atoms with Crippen molar-refractivity contribution in [3.63, 3.8) is 0 Å². The molecule has 6 rings (SSSR count). The number of ether oxygens (including phenoxy) is 4. The van der Waals surface area contributed by atoms with Gasteiger partial charge in [0.05, 0.1) is 25.0 Å². The summed E-state index contributed by atoms with van der Waals surface area (Å²) < 4.78 is 28.1.